The molecular weight excluding hydrogens is 258 g/mol. The van der Waals surface area contributed by atoms with Crippen molar-refractivity contribution in [1.29, 1.82) is 0 Å². The Kier molecular flexibility index (Phi) is 3.20. The molecule has 4 nitrogen and oxygen atoms in total. The first-order valence-corrected chi connectivity index (χ1v) is 6.57. The summed E-state index contributed by atoms with van der Waals surface area (Å²) in [4.78, 5) is 4.09. The third-order valence-corrected chi connectivity index (χ3v) is 3.69. The summed E-state index contributed by atoms with van der Waals surface area (Å²) in [6, 6.07) is 11.7. The van der Waals surface area contributed by atoms with Crippen molar-refractivity contribution in [2.75, 3.05) is 7.11 Å². The van der Waals surface area contributed by atoms with Gasteiger partial charge in [0.2, 0.25) is 0 Å². The highest BCUT2D eigenvalue weighted by atomic mass is 32.1. The van der Waals surface area contributed by atoms with Gasteiger partial charge in [0.15, 0.2) is 0 Å². The van der Waals surface area contributed by atoms with E-state index in [1.807, 2.05) is 36.4 Å². The fourth-order valence-corrected chi connectivity index (χ4v) is 2.52. The predicted octanol–water partition coefficient (Wildman–Crippen LogP) is 3.28. The monoisotopic (exact) mass is 269 g/mol. The average molecular weight is 269 g/mol. The second-order valence-corrected chi connectivity index (χ2v) is 4.86. The molecule has 0 saturated heterocycles. The zero-order valence-electron chi connectivity index (χ0n) is 10.3. The Balaban J connectivity index is 1.92. The van der Waals surface area contributed by atoms with Gasteiger partial charge in [0.1, 0.15) is 15.8 Å². The summed E-state index contributed by atoms with van der Waals surface area (Å²) in [5, 5.41) is 10.2. The van der Waals surface area contributed by atoms with E-state index in [1.165, 1.54) is 0 Å². The molecule has 0 aliphatic carbocycles. The molecule has 0 spiro atoms. The van der Waals surface area contributed by atoms with E-state index >= 15 is 0 Å². The first-order valence-electron chi connectivity index (χ1n) is 5.75. The summed E-state index contributed by atoms with van der Waals surface area (Å²) in [7, 11) is 1.65. The molecule has 0 aliphatic heterocycles. The minimum absolute atomic E-state index is 0.834. The summed E-state index contributed by atoms with van der Waals surface area (Å²) in [5.74, 6) is 0.834. The molecule has 19 heavy (non-hydrogen) atoms. The van der Waals surface area contributed by atoms with Crippen molar-refractivity contribution in [3.8, 4) is 26.9 Å². The number of benzene rings is 1. The Labute approximate surface area is 114 Å². The molecule has 0 bridgehead atoms. The lowest BCUT2D eigenvalue weighted by atomic mass is 10.2. The first kappa shape index (κ1) is 11.8. The lowest BCUT2D eigenvalue weighted by molar-refractivity contribution is 0.415. The minimum Gasteiger partial charge on any atom is -0.497 e. The quantitative estimate of drug-likeness (QED) is 0.732. The molecule has 0 radical (unpaired) electrons. The summed E-state index contributed by atoms with van der Waals surface area (Å²) < 4.78 is 5.14. The predicted molar refractivity (Wildman–Crippen MR) is 75.1 cm³/mol. The molecule has 0 unspecified atom stereocenters. The molecular formula is C14H11N3OS. The summed E-state index contributed by atoms with van der Waals surface area (Å²) in [6.07, 6.45) is 3.53. The highest BCUT2D eigenvalue weighted by Gasteiger charge is 2.08. The molecule has 3 aromatic rings. The number of pyridine rings is 1. The number of hydrogen-bond acceptors (Lipinski definition) is 5. The van der Waals surface area contributed by atoms with Gasteiger partial charge < -0.3 is 4.74 Å². The van der Waals surface area contributed by atoms with Crippen LogP contribution in [0.5, 0.6) is 5.75 Å². The first-order chi connectivity index (χ1) is 9.36. The second kappa shape index (κ2) is 5.16. The normalized spacial score (nSPS) is 10.4. The third-order valence-electron chi connectivity index (χ3n) is 2.67. The Hall–Kier alpha value is -2.27. The molecule has 5 heteroatoms. The Morgan fingerprint density at radius 1 is 0.947 bits per heavy atom. The van der Waals surface area contributed by atoms with Crippen LogP contribution in [0.25, 0.3) is 21.1 Å². The molecule has 0 atom stereocenters. The maximum atomic E-state index is 5.14. The minimum atomic E-state index is 0.834. The summed E-state index contributed by atoms with van der Waals surface area (Å²) >= 11 is 1.55. The smallest absolute Gasteiger partial charge is 0.149 e. The highest BCUT2D eigenvalue weighted by Crippen LogP contribution is 2.30. The Morgan fingerprint density at radius 3 is 2.32 bits per heavy atom. The van der Waals surface area contributed by atoms with Gasteiger partial charge in [0.05, 0.1) is 7.11 Å². The van der Waals surface area contributed by atoms with E-state index in [9.17, 15) is 0 Å². The molecule has 1 aromatic carbocycles. The lowest BCUT2D eigenvalue weighted by Crippen LogP contribution is -1.82. The number of ether oxygens (including phenoxy) is 1. The van der Waals surface area contributed by atoms with Gasteiger partial charge in [0.25, 0.3) is 0 Å². The van der Waals surface area contributed by atoms with Gasteiger partial charge >= 0.3 is 0 Å². The van der Waals surface area contributed by atoms with Crippen molar-refractivity contribution in [3.05, 3.63) is 48.8 Å². The van der Waals surface area contributed by atoms with Crippen LogP contribution < -0.4 is 4.74 Å². The highest BCUT2D eigenvalue weighted by molar-refractivity contribution is 7.17. The maximum absolute atomic E-state index is 5.14. The van der Waals surface area contributed by atoms with E-state index < -0.39 is 0 Å². The van der Waals surface area contributed by atoms with Gasteiger partial charge in [-0.25, -0.2) is 0 Å². The molecule has 0 N–H and O–H groups in total. The van der Waals surface area contributed by atoms with Crippen LogP contribution in [0.4, 0.5) is 0 Å². The van der Waals surface area contributed by atoms with E-state index in [2.05, 4.69) is 15.2 Å². The van der Waals surface area contributed by atoms with Crippen LogP contribution in [0.1, 0.15) is 0 Å². The summed E-state index contributed by atoms with van der Waals surface area (Å²) in [6.45, 7) is 0. The Morgan fingerprint density at radius 2 is 1.68 bits per heavy atom. The van der Waals surface area contributed by atoms with E-state index in [0.29, 0.717) is 0 Å². The largest absolute Gasteiger partial charge is 0.497 e. The van der Waals surface area contributed by atoms with Crippen molar-refractivity contribution in [2.24, 2.45) is 0 Å². The molecule has 0 fully saturated rings. The van der Waals surface area contributed by atoms with Crippen LogP contribution in [0.2, 0.25) is 0 Å². The molecule has 2 aromatic heterocycles. The second-order valence-electron chi connectivity index (χ2n) is 3.88. The van der Waals surface area contributed by atoms with Crippen molar-refractivity contribution in [3.63, 3.8) is 0 Å². The van der Waals surface area contributed by atoms with Gasteiger partial charge in [-0.05, 0) is 36.4 Å². The molecule has 0 aliphatic rings. The van der Waals surface area contributed by atoms with Gasteiger partial charge in [0, 0.05) is 23.5 Å². The number of methoxy groups -OCH3 is 1. The van der Waals surface area contributed by atoms with Crippen LogP contribution in [0, 0.1) is 0 Å². The molecule has 0 saturated carbocycles. The third kappa shape index (κ3) is 2.46. The van der Waals surface area contributed by atoms with E-state index in [4.69, 9.17) is 4.74 Å². The number of hydrogen-bond donors (Lipinski definition) is 0. The van der Waals surface area contributed by atoms with Crippen molar-refractivity contribution in [2.45, 2.75) is 0 Å². The van der Waals surface area contributed by atoms with Crippen molar-refractivity contribution in [1.82, 2.24) is 15.2 Å². The topological polar surface area (TPSA) is 47.9 Å². The van der Waals surface area contributed by atoms with Gasteiger partial charge in [-0.1, -0.05) is 11.3 Å². The van der Waals surface area contributed by atoms with Crippen LogP contribution in [-0.2, 0) is 0 Å². The number of aromatic nitrogens is 3. The average Bonchev–Trinajstić information content (AvgIpc) is 2.98. The van der Waals surface area contributed by atoms with Gasteiger partial charge in [-0.3, -0.25) is 4.98 Å². The maximum Gasteiger partial charge on any atom is 0.149 e. The van der Waals surface area contributed by atoms with E-state index in [1.54, 1.807) is 30.8 Å². The molecule has 2 heterocycles. The molecule has 3 rings (SSSR count). The van der Waals surface area contributed by atoms with E-state index in [-0.39, 0.29) is 0 Å². The summed E-state index contributed by atoms with van der Waals surface area (Å²) in [5.41, 5.74) is 2.02. The number of rotatable bonds is 3. The van der Waals surface area contributed by atoms with Gasteiger partial charge in [-0.2, -0.15) is 0 Å². The zero-order chi connectivity index (χ0) is 13.1. The van der Waals surface area contributed by atoms with Crippen LogP contribution in [-0.4, -0.2) is 22.3 Å². The number of nitrogens with zero attached hydrogens (tertiary/aromatic N) is 3. The van der Waals surface area contributed by atoms with Crippen molar-refractivity contribution >= 4 is 11.3 Å². The van der Waals surface area contributed by atoms with Gasteiger partial charge in [-0.15, -0.1) is 10.2 Å². The fraction of sp³-hybridized carbons (Fsp3) is 0.0714. The standard InChI is InChI=1S/C14H11N3OS/c1-18-12-6-4-10(5-7-12)13-16-17-14(19-13)11-3-2-8-15-9-11/h2-9H,1H3. The zero-order valence-corrected chi connectivity index (χ0v) is 11.1. The SMILES string of the molecule is COc1ccc(-c2nnc(-c3cccnc3)s2)cc1. The lowest BCUT2D eigenvalue weighted by Gasteiger charge is -1.99. The Bertz CT molecular complexity index is 665. The fourth-order valence-electron chi connectivity index (χ4n) is 1.68. The molecule has 0 amide bonds. The molecule has 94 valence electrons. The van der Waals surface area contributed by atoms with E-state index in [0.717, 1.165) is 26.9 Å². The van der Waals surface area contributed by atoms with Crippen molar-refractivity contribution < 1.29 is 4.74 Å². The van der Waals surface area contributed by atoms with Crippen LogP contribution >= 0.6 is 11.3 Å². The van der Waals surface area contributed by atoms with Crippen LogP contribution in [0.15, 0.2) is 48.8 Å². The van der Waals surface area contributed by atoms with Crippen LogP contribution in [0.3, 0.4) is 0 Å².